The first kappa shape index (κ1) is 13.4. The van der Waals surface area contributed by atoms with E-state index in [2.05, 4.69) is 15.0 Å². The van der Waals surface area contributed by atoms with E-state index in [0.29, 0.717) is 6.54 Å². The predicted octanol–water partition coefficient (Wildman–Crippen LogP) is -0.0221. The van der Waals surface area contributed by atoms with Crippen molar-refractivity contribution in [1.82, 2.24) is 19.7 Å². The third kappa shape index (κ3) is 3.48. The molecule has 0 radical (unpaired) electrons. The summed E-state index contributed by atoms with van der Waals surface area (Å²) in [6, 6.07) is 3.16. The molecule has 0 spiro atoms. The van der Waals surface area contributed by atoms with Crippen LogP contribution in [0.25, 0.3) is 0 Å². The largest absolute Gasteiger partial charge is 0.399 e. The van der Waals surface area contributed by atoms with Gasteiger partial charge in [-0.1, -0.05) is 5.21 Å². The Kier molecular flexibility index (Phi) is 3.76. The van der Waals surface area contributed by atoms with Gasteiger partial charge in [-0.05, 0) is 18.2 Å². The third-order valence-corrected chi connectivity index (χ3v) is 3.75. The average molecular weight is 285 g/mol. The molecule has 0 aliphatic heterocycles. The Hall–Kier alpha value is -2.00. The fourth-order valence-electron chi connectivity index (χ4n) is 1.47. The van der Waals surface area contributed by atoms with Crippen LogP contribution in [0.5, 0.6) is 0 Å². The Labute approximate surface area is 109 Å². The van der Waals surface area contributed by atoms with E-state index in [9.17, 15) is 12.8 Å². The van der Waals surface area contributed by atoms with E-state index in [1.165, 1.54) is 16.9 Å². The molecule has 1 aromatic carbocycles. The van der Waals surface area contributed by atoms with Crippen LogP contribution in [0.3, 0.4) is 0 Å². The summed E-state index contributed by atoms with van der Waals surface area (Å²) in [6.45, 7) is 0.437. The zero-order chi connectivity index (χ0) is 13.9. The van der Waals surface area contributed by atoms with Gasteiger partial charge in [0.05, 0.1) is 17.6 Å². The molecule has 2 aromatic rings. The Morgan fingerprint density at radius 3 is 2.79 bits per heavy atom. The maximum Gasteiger partial charge on any atom is 0.240 e. The minimum Gasteiger partial charge on any atom is -0.399 e. The number of sulfonamides is 1. The zero-order valence-electron chi connectivity index (χ0n) is 9.82. The quantitative estimate of drug-likeness (QED) is 0.751. The second-order valence-corrected chi connectivity index (χ2v) is 5.55. The topological polar surface area (TPSA) is 103 Å². The third-order valence-electron chi connectivity index (χ3n) is 2.31. The monoisotopic (exact) mass is 285 g/mol. The van der Waals surface area contributed by atoms with Crippen molar-refractivity contribution < 1.29 is 12.8 Å². The fraction of sp³-hybridized carbons (Fsp3) is 0.200. The second-order valence-electron chi connectivity index (χ2n) is 3.78. The lowest BCUT2D eigenvalue weighted by Gasteiger charge is -2.07. The number of benzene rings is 1. The van der Waals surface area contributed by atoms with Gasteiger partial charge < -0.3 is 5.73 Å². The Morgan fingerprint density at radius 1 is 1.37 bits per heavy atom. The highest BCUT2D eigenvalue weighted by molar-refractivity contribution is 7.89. The lowest BCUT2D eigenvalue weighted by Crippen LogP contribution is -2.27. The minimum atomic E-state index is -3.79. The SMILES string of the molecule is Nc1cc(F)cc(S(=O)(=O)NCCn2ccnn2)c1. The van der Waals surface area contributed by atoms with Gasteiger partial charge in [0.25, 0.3) is 0 Å². The second kappa shape index (κ2) is 5.33. The summed E-state index contributed by atoms with van der Waals surface area (Å²) in [5.41, 5.74) is 5.46. The van der Waals surface area contributed by atoms with Crippen LogP contribution in [0.15, 0.2) is 35.5 Å². The lowest BCUT2D eigenvalue weighted by molar-refractivity contribution is 0.551. The first-order valence-corrected chi connectivity index (χ1v) is 6.85. The molecule has 0 aliphatic carbocycles. The van der Waals surface area contributed by atoms with Gasteiger partial charge >= 0.3 is 0 Å². The average Bonchev–Trinajstić information content (AvgIpc) is 2.80. The number of aromatic nitrogens is 3. The molecule has 0 aliphatic rings. The van der Waals surface area contributed by atoms with Crippen LogP contribution in [-0.4, -0.2) is 30.0 Å². The molecule has 0 atom stereocenters. The van der Waals surface area contributed by atoms with E-state index in [1.54, 1.807) is 6.20 Å². The molecule has 1 aromatic heterocycles. The van der Waals surface area contributed by atoms with Crippen LogP contribution in [-0.2, 0) is 16.6 Å². The zero-order valence-corrected chi connectivity index (χ0v) is 10.6. The number of hydrogen-bond acceptors (Lipinski definition) is 5. The molecule has 0 saturated carbocycles. The first-order valence-electron chi connectivity index (χ1n) is 5.37. The smallest absolute Gasteiger partial charge is 0.240 e. The molecule has 0 amide bonds. The Balaban J connectivity index is 2.05. The van der Waals surface area contributed by atoms with Gasteiger partial charge in [-0.25, -0.2) is 17.5 Å². The summed E-state index contributed by atoms with van der Waals surface area (Å²) >= 11 is 0. The number of nitrogens with one attached hydrogen (secondary N) is 1. The van der Waals surface area contributed by atoms with Crippen LogP contribution in [0.4, 0.5) is 10.1 Å². The number of rotatable bonds is 5. The maximum absolute atomic E-state index is 13.1. The van der Waals surface area contributed by atoms with Gasteiger partial charge in [0.15, 0.2) is 0 Å². The lowest BCUT2D eigenvalue weighted by atomic mass is 10.3. The van der Waals surface area contributed by atoms with Crippen molar-refractivity contribution >= 4 is 15.7 Å². The van der Waals surface area contributed by atoms with Crippen LogP contribution in [0.2, 0.25) is 0 Å². The molecular formula is C10H12FN5O2S. The van der Waals surface area contributed by atoms with Gasteiger partial charge in [0.2, 0.25) is 10.0 Å². The number of anilines is 1. The van der Waals surface area contributed by atoms with Crippen molar-refractivity contribution in [2.45, 2.75) is 11.4 Å². The molecule has 7 nitrogen and oxygen atoms in total. The molecule has 9 heteroatoms. The van der Waals surface area contributed by atoms with Gasteiger partial charge in [0.1, 0.15) is 5.82 Å². The number of nitrogen functional groups attached to an aromatic ring is 1. The standard InChI is InChI=1S/C10H12FN5O2S/c11-8-5-9(12)7-10(6-8)19(17,18)14-2-4-16-3-1-13-15-16/h1,3,5-7,14H,2,4,12H2. The molecule has 3 N–H and O–H groups in total. The highest BCUT2D eigenvalue weighted by Crippen LogP contribution is 2.15. The van der Waals surface area contributed by atoms with Crippen LogP contribution in [0.1, 0.15) is 0 Å². The van der Waals surface area contributed by atoms with Crippen LogP contribution in [0, 0.1) is 5.82 Å². The van der Waals surface area contributed by atoms with Crippen molar-refractivity contribution in [3.63, 3.8) is 0 Å². The van der Waals surface area contributed by atoms with Crippen LogP contribution >= 0.6 is 0 Å². The van der Waals surface area contributed by atoms with Crippen molar-refractivity contribution in [2.24, 2.45) is 0 Å². The fourth-order valence-corrected chi connectivity index (χ4v) is 2.56. The van der Waals surface area contributed by atoms with Gasteiger partial charge in [-0.2, -0.15) is 0 Å². The number of nitrogens with zero attached hydrogens (tertiary/aromatic N) is 3. The predicted molar refractivity (Wildman–Crippen MR) is 66.0 cm³/mol. The highest BCUT2D eigenvalue weighted by Gasteiger charge is 2.15. The minimum absolute atomic E-state index is 0.0525. The van der Waals surface area contributed by atoms with Gasteiger partial charge in [-0.15, -0.1) is 5.10 Å². The number of hydrogen-bond donors (Lipinski definition) is 2. The summed E-state index contributed by atoms with van der Waals surface area (Å²) in [4.78, 5) is -0.205. The normalized spacial score (nSPS) is 11.6. The number of halogens is 1. The first-order chi connectivity index (χ1) is 8.97. The van der Waals surface area contributed by atoms with Crippen molar-refractivity contribution in [2.75, 3.05) is 12.3 Å². The molecule has 0 bridgehead atoms. The summed E-state index contributed by atoms with van der Waals surface area (Å²) in [5.74, 6) is -0.698. The van der Waals surface area contributed by atoms with E-state index in [0.717, 1.165) is 12.1 Å². The van der Waals surface area contributed by atoms with Crippen LogP contribution < -0.4 is 10.5 Å². The van der Waals surface area contributed by atoms with Gasteiger partial charge in [0, 0.05) is 18.4 Å². The maximum atomic E-state index is 13.1. The van der Waals surface area contributed by atoms with E-state index in [1.807, 2.05) is 0 Å². The molecule has 102 valence electrons. The molecule has 0 fully saturated rings. The number of nitrogens with two attached hydrogens (primary N) is 1. The summed E-state index contributed by atoms with van der Waals surface area (Å²) < 4.78 is 40.7. The van der Waals surface area contributed by atoms with Crippen molar-refractivity contribution in [1.29, 1.82) is 0 Å². The van der Waals surface area contributed by atoms with E-state index < -0.39 is 15.8 Å². The van der Waals surface area contributed by atoms with Crippen molar-refractivity contribution in [3.05, 3.63) is 36.4 Å². The Morgan fingerprint density at radius 2 is 2.16 bits per heavy atom. The molecule has 1 heterocycles. The summed E-state index contributed by atoms with van der Waals surface area (Å²) in [7, 11) is -3.79. The molecular weight excluding hydrogens is 273 g/mol. The van der Waals surface area contributed by atoms with E-state index >= 15 is 0 Å². The van der Waals surface area contributed by atoms with Gasteiger partial charge in [-0.3, -0.25) is 4.68 Å². The molecule has 19 heavy (non-hydrogen) atoms. The Bertz CT molecular complexity index is 636. The summed E-state index contributed by atoms with van der Waals surface area (Å²) in [6.07, 6.45) is 3.09. The van der Waals surface area contributed by atoms with Crippen molar-refractivity contribution in [3.8, 4) is 0 Å². The highest BCUT2D eigenvalue weighted by atomic mass is 32.2. The van der Waals surface area contributed by atoms with E-state index in [4.69, 9.17) is 5.73 Å². The summed E-state index contributed by atoms with van der Waals surface area (Å²) in [5, 5.41) is 7.28. The molecule has 2 rings (SSSR count). The van der Waals surface area contributed by atoms with E-state index in [-0.39, 0.29) is 17.1 Å². The molecule has 0 saturated heterocycles. The molecule has 0 unspecified atom stereocenters.